The first-order chi connectivity index (χ1) is 10.7. The standard InChI is InChI=1S/C14H10N4O3S/c1-2-20-8-16-12-11(7-15)22-14-17-10(13(19)18(12)14)6-9-4-3-5-21-9/h3-6,8H,2H2,1H3/b10-6?,16-8-. The number of fused-ring (bicyclic) bond motifs is 1. The van der Waals surface area contributed by atoms with E-state index in [4.69, 9.17) is 14.4 Å². The maximum Gasteiger partial charge on any atom is 0.284 e. The Kier molecular flexibility index (Phi) is 3.80. The third-order valence-electron chi connectivity index (χ3n) is 2.78. The zero-order chi connectivity index (χ0) is 15.5. The Morgan fingerprint density at radius 3 is 3.18 bits per heavy atom. The van der Waals surface area contributed by atoms with Gasteiger partial charge in [0.05, 0.1) is 12.9 Å². The zero-order valence-electron chi connectivity index (χ0n) is 11.5. The summed E-state index contributed by atoms with van der Waals surface area (Å²) in [4.78, 5) is 22.3. The van der Waals surface area contributed by atoms with E-state index in [0.29, 0.717) is 22.4 Å². The summed E-state index contributed by atoms with van der Waals surface area (Å²) in [6.07, 6.45) is 4.28. The first-order valence-electron chi connectivity index (χ1n) is 6.39. The van der Waals surface area contributed by atoms with Gasteiger partial charge < -0.3 is 9.15 Å². The van der Waals surface area contributed by atoms with Crippen molar-refractivity contribution in [1.82, 2.24) is 4.90 Å². The normalized spacial score (nSPS) is 19.1. The van der Waals surface area contributed by atoms with Gasteiger partial charge in [-0.3, -0.25) is 4.79 Å². The Hall–Kier alpha value is -2.79. The van der Waals surface area contributed by atoms with Gasteiger partial charge in [-0.05, 0) is 30.8 Å². The van der Waals surface area contributed by atoms with Crippen LogP contribution in [0.2, 0.25) is 0 Å². The first-order valence-corrected chi connectivity index (χ1v) is 7.21. The van der Waals surface area contributed by atoms with E-state index < -0.39 is 0 Å². The molecule has 0 saturated heterocycles. The highest BCUT2D eigenvalue weighted by Gasteiger charge is 2.41. The van der Waals surface area contributed by atoms with Crippen molar-refractivity contribution in [2.75, 3.05) is 6.61 Å². The van der Waals surface area contributed by atoms with Crippen LogP contribution in [-0.4, -0.2) is 29.0 Å². The van der Waals surface area contributed by atoms with E-state index in [1.54, 1.807) is 18.2 Å². The molecule has 3 rings (SSSR count). The van der Waals surface area contributed by atoms with Crippen LogP contribution in [0.1, 0.15) is 12.7 Å². The molecular weight excluding hydrogens is 304 g/mol. The van der Waals surface area contributed by atoms with Crippen molar-refractivity contribution in [3.63, 3.8) is 0 Å². The number of aliphatic imine (C=N–C) groups is 2. The summed E-state index contributed by atoms with van der Waals surface area (Å²) in [6.45, 7) is 2.26. The molecule has 110 valence electrons. The highest BCUT2D eigenvalue weighted by Crippen LogP contribution is 2.39. The average molecular weight is 314 g/mol. The van der Waals surface area contributed by atoms with E-state index in [1.807, 2.05) is 13.0 Å². The molecule has 0 radical (unpaired) electrons. The number of amidine groups is 1. The van der Waals surface area contributed by atoms with Crippen molar-refractivity contribution >= 4 is 35.3 Å². The number of hydrogen-bond acceptors (Lipinski definition) is 7. The fourth-order valence-corrected chi connectivity index (χ4v) is 2.72. The predicted octanol–water partition coefficient (Wildman–Crippen LogP) is 2.32. The summed E-state index contributed by atoms with van der Waals surface area (Å²) < 4.78 is 10.2. The Bertz CT molecular complexity index is 769. The fourth-order valence-electron chi connectivity index (χ4n) is 1.85. The molecule has 1 amide bonds. The van der Waals surface area contributed by atoms with Gasteiger partial charge in [0.15, 0.2) is 17.4 Å². The van der Waals surface area contributed by atoms with Crippen LogP contribution in [0.25, 0.3) is 6.08 Å². The summed E-state index contributed by atoms with van der Waals surface area (Å²) in [5.41, 5.74) is 0.235. The predicted molar refractivity (Wildman–Crippen MR) is 81.3 cm³/mol. The number of carbonyl (C=O) groups excluding carboxylic acids is 1. The lowest BCUT2D eigenvalue weighted by Gasteiger charge is -2.09. The number of carbonyl (C=O) groups is 1. The third-order valence-corrected chi connectivity index (χ3v) is 3.71. The Balaban J connectivity index is 1.91. The summed E-state index contributed by atoms with van der Waals surface area (Å²) in [6, 6.07) is 5.46. The molecule has 7 nitrogen and oxygen atoms in total. The number of rotatable bonds is 4. The molecule has 0 N–H and O–H groups in total. The topological polar surface area (TPSA) is 91.2 Å². The van der Waals surface area contributed by atoms with Gasteiger partial charge in [0.1, 0.15) is 22.4 Å². The molecule has 0 unspecified atom stereocenters. The molecule has 1 aromatic rings. The molecule has 3 heterocycles. The third kappa shape index (κ3) is 2.42. The van der Waals surface area contributed by atoms with Crippen LogP contribution >= 0.6 is 11.8 Å². The quantitative estimate of drug-likeness (QED) is 0.483. The molecule has 0 aliphatic carbocycles. The lowest BCUT2D eigenvalue weighted by atomic mass is 10.3. The SMILES string of the molecule is CCO/C=N\C1=C(C#N)SC2=NC(=Cc3ccco3)C(=O)N21. The average Bonchev–Trinajstić information content (AvgIpc) is 3.20. The number of ether oxygens (including phenoxy) is 1. The number of amides is 1. The zero-order valence-corrected chi connectivity index (χ0v) is 12.3. The van der Waals surface area contributed by atoms with Crippen molar-refractivity contribution < 1.29 is 13.9 Å². The van der Waals surface area contributed by atoms with Gasteiger partial charge in [-0.25, -0.2) is 14.9 Å². The fraction of sp³-hybridized carbons (Fsp3) is 0.143. The number of allylic oxidation sites excluding steroid dienone is 1. The summed E-state index contributed by atoms with van der Waals surface area (Å²) in [5.74, 6) is 0.406. The minimum absolute atomic E-state index is 0.229. The second kappa shape index (κ2) is 5.91. The van der Waals surface area contributed by atoms with Crippen molar-refractivity contribution in [2.24, 2.45) is 9.98 Å². The van der Waals surface area contributed by atoms with Gasteiger partial charge in [-0.1, -0.05) is 0 Å². The van der Waals surface area contributed by atoms with Gasteiger partial charge in [-0.15, -0.1) is 0 Å². The minimum Gasteiger partial charge on any atom is -0.483 e. The van der Waals surface area contributed by atoms with Crippen LogP contribution in [0.3, 0.4) is 0 Å². The molecular formula is C14H10N4O3S. The molecule has 22 heavy (non-hydrogen) atoms. The molecule has 8 heteroatoms. The van der Waals surface area contributed by atoms with E-state index >= 15 is 0 Å². The maximum atomic E-state index is 12.4. The number of nitrogens with zero attached hydrogens (tertiary/aromatic N) is 4. The number of hydrogen-bond donors (Lipinski definition) is 0. The van der Waals surface area contributed by atoms with Crippen LogP contribution in [-0.2, 0) is 9.53 Å². The van der Waals surface area contributed by atoms with Crippen LogP contribution in [0.4, 0.5) is 0 Å². The van der Waals surface area contributed by atoms with Gasteiger partial charge in [0.2, 0.25) is 0 Å². The molecule has 0 fully saturated rings. The smallest absolute Gasteiger partial charge is 0.284 e. The van der Waals surface area contributed by atoms with E-state index in [2.05, 4.69) is 9.98 Å². The summed E-state index contributed by atoms with van der Waals surface area (Å²) in [5, 5.41) is 9.55. The van der Waals surface area contributed by atoms with Gasteiger partial charge in [-0.2, -0.15) is 5.26 Å². The van der Waals surface area contributed by atoms with Crippen LogP contribution in [0.15, 0.2) is 49.2 Å². The Morgan fingerprint density at radius 2 is 2.50 bits per heavy atom. The molecule has 0 saturated carbocycles. The lowest BCUT2D eigenvalue weighted by molar-refractivity contribution is -0.121. The molecule has 0 bridgehead atoms. The highest BCUT2D eigenvalue weighted by molar-refractivity contribution is 8.17. The molecule has 0 atom stereocenters. The summed E-state index contributed by atoms with van der Waals surface area (Å²) >= 11 is 1.10. The Labute approximate surface area is 130 Å². The van der Waals surface area contributed by atoms with Gasteiger partial charge in [0, 0.05) is 6.08 Å². The van der Waals surface area contributed by atoms with E-state index in [1.165, 1.54) is 17.6 Å². The van der Waals surface area contributed by atoms with E-state index in [-0.39, 0.29) is 17.4 Å². The first kappa shape index (κ1) is 14.2. The number of furan rings is 1. The monoisotopic (exact) mass is 314 g/mol. The maximum absolute atomic E-state index is 12.4. The largest absolute Gasteiger partial charge is 0.483 e. The van der Waals surface area contributed by atoms with Gasteiger partial charge >= 0.3 is 0 Å². The lowest BCUT2D eigenvalue weighted by Crippen LogP contribution is -2.25. The summed E-state index contributed by atoms with van der Waals surface area (Å²) in [7, 11) is 0. The van der Waals surface area contributed by atoms with Crippen molar-refractivity contribution in [3.05, 3.63) is 40.6 Å². The van der Waals surface area contributed by atoms with Crippen LogP contribution < -0.4 is 0 Å². The number of thioether (sulfide) groups is 1. The van der Waals surface area contributed by atoms with E-state index in [0.717, 1.165) is 11.8 Å². The van der Waals surface area contributed by atoms with Crippen LogP contribution in [0.5, 0.6) is 0 Å². The van der Waals surface area contributed by atoms with Crippen molar-refractivity contribution in [2.45, 2.75) is 6.92 Å². The molecule has 1 aromatic heterocycles. The number of nitriles is 1. The van der Waals surface area contributed by atoms with E-state index in [9.17, 15) is 4.79 Å². The Morgan fingerprint density at radius 1 is 1.64 bits per heavy atom. The van der Waals surface area contributed by atoms with Crippen molar-refractivity contribution in [3.8, 4) is 6.07 Å². The molecule has 2 aliphatic rings. The second-order valence-corrected chi connectivity index (χ2v) is 5.11. The van der Waals surface area contributed by atoms with Gasteiger partial charge in [0.25, 0.3) is 5.91 Å². The highest BCUT2D eigenvalue weighted by atomic mass is 32.2. The minimum atomic E-state index is -0.354. The van der Waals surface area contributed by atoms with Crippen molar-refractivity contribution in [1.29, 1.82) is 5.26 Å². The molecule has 0 aromatic carbocycles. The molecule has 2 aliphatic heterocycles. The molecule has 0 spiro atoms. The second-order valence-electron chi connectivity index (χ2n) is 4.14. The van der Waals surface area contributed by atoms with Crippen LogP contribution in [0, 0.1) is 11.3 Å².